The van der Waals surface area contributed by atoms with Gasteiger partial charge in [0.2, 0.25) is 5.91 Å². The molecule has 0 radical (unpaired) electrons. The number of rotatable bonds is 7. The number of aryl methyl sites for hydroxylation is 1. The molecule has 1 aromatic carbocycles. The minimum atomic E-state index is -0.913. The van der Waals surface area contributed by atoms with Crippen LogP contribution in [-0.4, -0.2) is 30.1 Å². The van der Waals surface area contributed by atoms with Gasteiger partial charge in [0.15, 0.2) is 0 Å². The van der Waals surface area contributed by atoms with E-state index >= 15 is 0 Å². The summed E-state index contributed by atoms with van der Waals surface area (Å²) in [6.07, 6.45) is 0.875. The van der Waals surface area contributed by atoms with Crippen LogP contribution in [0.25, 0.3) is 0 Å². The van der Waals surface area contributed by atoms with Crippen molar-refractivity contribution in [3.05, 3.63) is 29.8 Å². The zero-order valence-corrected chi connectivity index (χ0v) is 11.1. The molecule has 0 atom stereocenters. The van der Waals surface area contributed by atoms with Gasteiger partial charge in [0.25, 0.3) is 0 Å². The molecule has 0 saturated heterocycles. The molecule has 3 N–H and O–H groups in total. The quantitative estimate of drug-likeness (QED) is 0.782. The van der Waals surface area contributed by atoms with Crippen molar-refractivity contribution in [2.75, 3.05) is 18.0 Å². The topological polar surface area (TPSA) is 83.6 Å². The number of hydrogen-bond acceptors (Lipinski definition) is 3. The van der Waals surface area contributed by atoms with Crippen molar-refractivity contribution in [3.63, 3.8) is 0 Å². The maximum absolute atomic E-state index is 12.1. The Hall–Kier alpha value is -1.88. The third kappa shape index (κ3) is 5.09. The van der Waals surface area contributed by atoms with Gasteiger partial charge in [-0.2, -0.15) is 0 Å². The Morgan fingerprint density at radius 3 is 2.37 bits per heavy atom. The molecule has 0 aliphatic heterocycles. The largest absolute Gasteiger partial charge is 0.481 e. The summed E-state index contributed by atoms with van der Waals surface area (Å²) in [5.74, 6) is -1.00. The summed E-state index contributed by atoms with van der Waals surface area (Å²) < 4.78 is 0. The SMILES string of the molecule is Cc1ccc(N(CCC(=O)O)C(=O)CCCN)cc1. The van der Waals surface area contributed by atoms with Crippen LogP contribution in [0.15, 0.2) is 24.3 Å². The van der Waals surface area contributed by atoms with Gasteiger partial charge in [-0.3, -0.25) is 9.59 Å². The number of carbonyl (C=O) groups excluding carboxylic acids is 1. The number of amides is 1. The fourth-order valence-corrected chi connectivity index (χ4v) is 1.72. The van der Waals surface area contributed by atoms with Crippen LogP contribution in [0.5, 0.6) is 0 Å². The van der Waals surface area contributed by atoms with Crippen LogP contribution in [0.4, 0.5) is 5.69 Å². The van der Waals surface area contributed by atoms with Gasteiger partial charge in [-0.05, 0) is 32.0 Å². The van der Waals surface area contributed by atoms with Crippen LogP contribution < -0.4 is 10.6 Å². The van der Waals surface area contributed by atoms with Crippen molar-refractivity contribution in [1.29, 1.82) is 0 Å². The van der Waals surface area contributed by atoms with Crippen molar-refractivity contribution in [2.24, 2.45) is 5.73 Å². The van der Waals surface area contributed by atoms with Gasteiger partial charge < -0.3 is 15.7 Å². The smallest absolute Gasteiger partial charge is 0.305 e. The summed E-state index contributed by atoms with van der Waals surface area (Å²) in [6, 6.07) is 7.47. The van der Waals surface area contributed by atoms with E-state index < -0.39 is 5.97 Å². The Bertz CT molecular complexity index is 429. The highest BCUT2D eigenvalue weighted by atomic mass is 16.4. The Morgan fingerprint density at radius 1 is 1.21 bits per heavy atom. The first kappa shape index (κ1) is 15.2. The monoisotopic (exact) mass is 264 g/mol. The average molecular weight is 264 g/mol. The van der Waals surface area contributed by atoms with E-state index in [-0.39, 0.29) is 18.9 Å². The average Bonchev–Trinajstić information content (AvgIpc) is 2.38. The van der Waals surface area contributed by atoms with E-state index in [0.29, 0.717) is 19.4 Å². The van der Waals surface area contributed by atoms with Crippen LogP contribution in [0, 0.1) is 6.92 Å². The molecule has 0 heterocycles. The second-order valence-electron chi connectivity index (χ2n) is 4.42. The number of carboxylic acid groups (broad SMARTS) is 1. The second kappa shape index (κ2) is 7.53. The summed E-state index contributed by atoms with van der Waals surface area (Å²) in [5.41, 5.74) is 7.22. The summed E-state index contributed by atoms with van der Waals surface area (Å²) in [5, 5.41) is 8.75. The van der Waals surface area contributed by atoms with Gasteiger partial charge in [0.05, 0.1) is 6.42 Å². The molecular formula is C14H20N2O3. The van der Waals surface area contributed by atoms with Crippen molar-refractivity contribution in [2.45, 2.75) is 26.2 Å². The highest BCUT2D eigenvalue weighted by molar-refractivity contribution is 5.93. The third-order valence-corrected chi connectivity index (χ3v) is 2.79. The summed E-state index contributed by atoms with van der Waals surface area (Å²) in [7, 11) is 0. The van der Waals surface area contributed by atoms with E-state index in [9.17, 15) is 9.59 Å². The van der Waals surface area contributed by atoms with E-state index in [1.807, 2.05) is 31.2 Å². The molecule has 0 bridgehead atoms. The fraction of sp³-hybridized carbons (Fsp3) is 0.429. The zero-order valence-electron chi connectivity index (χ0n) is 11.1. The number of nitrogens with zero attached hydrogens (tertiary/aromatic N) is 1. The summed E-state index contributed by atoms with van der Waals surface area (Å²) in [6.45, 7) is 2.59. The molecule has 104 valence electrons. The first-order valence-corrected chi connectivity index (χ1v) is 6.33. The second-order valence-corrected chi connectivity index (χ2v) is 4.42. The zero-order chi connectivity index (χ0) is 14.3. The van der Waals surface area contributed by atoms with Crippen molar-refractivity contribution >= 4 is 17.6 Å². The Morgan fingerprint density at radius 2 is 1.84 bits per heavy atom. The molecule has 0 saturated carbocycles. The fourth-order valence-electron chi connectivity index (χ4n) is 1.72. The van der Waals surface area contributed by atoms with Crippen LogP contribution in [-0.2, 0) is 9.59 Å². The van der Waals surface area contributed by atoms with E-state index in [2.05, 4.69) is 0 Å². The lowest BCUT2D eigenvalue weighted by Crippen LogP contribution is -2.33. The third-order valence-electron chi connectivity index (χ3n) is 2.79. The molecule has 1 aromatic rings. The molecule has 5 nitrogen and oxygen atoms in total. The minimum Gasteiger partial charge on any atom is -0.481 e. The molecule has 0 spiro atoms. The summed E-state index contributed by atoms with van der Waals surface area (Å²) >= 11 is 0. The highest BCUT2D eigenvalue weighted by Crippen LogP contribution is 2.17. The minimum absolute atomic E-state index is 0.0672. The number of carboxylic acids is 1. The maximum Gasteiger partial charge on any atom is 0.305 e. The van der Waals surface area contributed by atoms with Gasteiger partial charge in [-0.15, -0.1) is 0 Å². The van der Waals surface area contributed by atoms with Gasteiger partial charge >= 0.3 is 5.97 Å². The standard InChI is InChI=1S/C14H20N2O3/c1-11-4-6-12(7-5-11)16(10-8-14(18)19)13(17)3-2-9-15/h4-7H,2-3,8-10,15H2,1H3,(H,18,19). The van der Waals surface area contributed by atoms with E-state index in [0.717, 1.165) is 11.3 Å². The highest BCUT2D eigenvalue weighted by Gasteiger charge is 2.16. The predicted molar refractivity (Wildman–Crippen MR) is 74.1 cm³/mol. The van der Waals surface area contributed by atoms with E-state index in [4.69, 9.17) is 10.8 Å². The lowest BCUT2D eigenvalue weighted by molar-refractivity contribution is -0.136. The Labute approximate surface area is 113 Å². The number of nitrogens with two attached hydrogens (primary N) is 1. The first-order valence-electron chi connectivity index (χ1n) is 6.33. The molecule has 0 aromatic heterocycles. The van der Waals surface area contributed by atoms with Crippen LogP contribution in [0.1, 0.15) is 24.8 Å². The normalized spacial score (nSPS) is 10.2. The molecule has 5 heteroatoms. The molecule has 19 heavy (non-hydrogen) atoms. The predicted octanol–water partition coefficient (Wildman–Crippen LogP) is 1.54. The molecule has 0 fully saturated rings. The van der Waals surface area contributed by atoms with Crippen LogP contribution in [0.2, 0.25) is 0 Å². The number of hydrogen-bond donors (Lipinski definition) is 2. The van der Waals surface area contributed by atoms with Crippen molar-refractivity contribution < 1.29 is 14.7 Å². The maximum atomic E-state index is 12.1. The van der Waals surface area contributed by atoms with Crippen LogP contribution in [0.3, 0.4) is 0 Å². The first-order chi connectivity index (χ1) is 9.04. The summed E-state index contributed by atoms with van der Waals surface area (Å²) in [4.78, 5) is 24.3. The van der Waals surface area contributed by atoms with E-state index in [1.165, 1.54) is 4.90 Å². The molecular weight excluding hydrogens is 244 g/mol. The Kier molecular flexibility index (Phi) is 6.02. The van der Waals surface area contributed by atoms with Crippen molar-refractivity contribution in [3.8, 4) is 0 Å². The van der Waals surface area contributed by atoms with Gasteiger partial charge in [0, 0.05) is 18.7 Å². The number of aliphatic carboxylic acids is 1. The molecule has 0 aliphatic carbocycles. The van der Waals surface area contributed by atoms with Gasteiger partial charge in [-0.1, -0.05) is 17.7 Å². The molecule has 1 amide bonds. The molecule has 0 aliphatic rings. The van der Waals surface area contributed by atoms with E-state index in [1.54, 1.807) is 0 Å². The lowest BCUT2D eigenvalue weighted by Gasteiger charge is -2.22. The Balaban J connectivity index is 2.81. The molecule has 1 rings (SSSR count). The van der Waals surface area contributed by atoms with Crippen molar-refractivity contribution in [1.82, 2.24) is 0 Å². The number of anilines is 1. The molecule has 0 unspecified atom stereocenters. The van der Waals surface area contributed by atoms with Gasteiger partial charge in [0.1, 0.15) is 0 Å². The number of benzene rings is 1. The van der Waals surface area contributed by atoms with Crippen LogP contribution >= 0.6 is 0 Å². The number of carbonyl (C=O) groups is 2. The lowest BCUT2D eigenvalue weighted by atomic mass is 10.2. The van der Waals surface area contributed by atoms with Gasteiger partial charge in [-0.25, -0.2) is 0 Å².